The molecule has 1 heterocycles. The van der Waals surface area contributed by atoms with Crippen LogP contribution in [-0.2, 0) is 14.4 Å². The first-order chi connectivity index (χ1) is 13.1. The molecule has 3 fully saturated rings. The van der Waals surface area contributed by atoms with Gasteiger partial charge in [0.1, 0.15) is 12.3 Å². The molecule has 0 spiro atoms. The number of anilines is 1. The Kier molecular flexibility index (Phi) is 3.64. The van der Waals surface area contributed by atoms with Crippen molar-refractivity contribution in [1.82, 2.24) is 4.90 Å². The maximum atomic E-state index is 12.9. The summed E-state index contributed by atoms with van der Waals surface area (Å²) in [6, 6.07) is 7.03. The van der Waals surface area contributed by atoms with Crippen LogP contribution in [0.4, 0.5) is 5.69 Å². The summed E-state index contributed by atoms with van der Waals surface area (Å²) >= 11 is 0. The van der Waals surface area contributed by atoms with Crippen LogP contribution >= 0.6 is 0 Å². The SMILES string of the molecule is CCOc1ccc(NC(=O)CN2C(=O)[C@@H]3[C@@H]4C=C[C@@H]([C@@H]5C[C@H]45)[C@@H]3C2=O)cc1. The van der Waals surface area contributed by atoms with E-state index in [0.29, 0.717) is 24.1 Å². The number of benzene rings is 1. The van der Waals surface area contributed by atoms with Crippen molar-refractivity contribution in [3.05, 3.63) is 36.4 Å². The fourth-order valence-electron chi connectivity index (χ4n) is 5.32. The van der Waals surface area contributed by atoms with Crippen LogP contribution in [0.5, 0.6) is 5.75 Å². The molecule has 6 rings (SSSR count). The minimum absolute atomic E-state index is 0.170. The quantitative estimate of drug-likeness (QED) is 0.639. The van der Waals surface area contributed by atoms with Crippen LogP contribution in [0.15, 0.2) is 36.4 Å². The molecule has 0 aromatic heterocycles. The third kappa shape index (κ3) is 2.50. The highest BCUT2D eigenvalue weighted by molar-refractivity contribution is 6.09. The van der Waals surface area contributed by atoms with Crippen LogP contribution in [0.3, 0.4) is 0 Å². The van der Waals surface area contributed by atoms with E-state index >= 15 is 0 Å². The van der Waals surface area contributed by atoms with Crippen LogP contribution in [0.1, 0.15) is 13.3 Å². The van der Waals surface area contributed by atoms with Crippen LogP contribution < -0.4 is 10.1 Å². The second kappa shape index (κ2) is 5.94. The summed E-state index contributed by atoms with van der Waals surface area (Å²) in [5.41, 5.74) is 0.614. The van der Waals surface area contributed by atoms with Gasteiger partial charge in [0, 0.05) is 5.69 Å². The van der Waals surface area contributed by atoms with Gasteiger partial charge < -0.3 is 10.1 Å². The van der Waals surface area contributed by atoms with Gasteiger partial charge in [-0.3, -0.25) is 19.3 Å². The van der Waals surface area contributed by atoms with Crippen molar-refractivity contribution < 1.29 is 19.1 Å². The van der Waals surface area contributed by atoms with E-state index < -0.39 is 0 Å². The third-order valence-corrected chi connectivity index (χ3v) is 6.50. The van der Waals surface area contributed by atoms with Crippen molar-refractivity contribution in [1.29, 1.82) is 0 Å². The second-order valence-electron chi connectivity index (χ2n) is 7.92. The summed E-state index contributed by atoms with van der Waals surface area (Å²) in [6.07, 6.45) is 5.40. The van der Waals surface area contributed by atoms with E-state index in [-0.39, 0.29) is 47.9 Å². The Labute approximate surface area is 157 Å². The van der Waals surface area contributed by atoms with E-state index in [1.165, 1.54) is 4.90 Å². The number of hydrogen-bond acceptors (Lipinski definition) is 4. The lowest BCUT2D eigenvalue weighted by Crippen LogP contribution is -2.40. The Balaban J connectivity index is 1.27. The first-order valence-electron chi connectivity index (χ1n) is 9.64. The average molecular weight is 366 g/mol. The monoisotopic (exact) mass is 366 g/mol. The number of ether oxygens (including phenoxy) is 1. The van der Waals surface area contributed by atoms with E-state index in [1.807, 2.05) is 6.92 Å². The van der Waals surface area contributed by atoms with Gasteiger partial charge in [-0.15, -0.1) is 0 Å². The zero-order valence-corrected chi connectivity index (χ0v) is 15.1. The van der Waals surface area contributed by atoms with Crippen molar-refractivity contribution in [3.8, 4) is 5.75 Å². The third-order valence-electron chi connectivity index (χ3n) is 6.50. The molecular formula is C21H22N2O4. The van der Waals surface area contributed by atoms with Gasteiger partial charge in [0.15, 0.2) is 0 Å². The average Bonchev–Trinajstić information content (AvgIpc) is 3.45. The fourth-order valence-corrected chi connectivity index (χ4v) is 5.32. The number of rotatable bonds is 5. The number of nitrogens with zero attached hydrogens (tertiary/aromatic N) is 1. The Morgan fingerprint density at radius 3 is 2.22 bits per heavy atom. The Morgan fingerprint density at radius 2 is 1.67 bits per heavy atom. The molecule has 140 valence electrons. The molecule has 6 heteroatoms. The predicted octanol–water partition coefficient (Wildman–Crippen LogP) is 2.08. The topological polar surface area (TPSA) is 75.7 Å². The highest BCUT2D eigenvalue weighted by atomic mass is 16.5. The molecule has 4 aliphatic carbocycles. The highest BCUT2D eigenvalue weighted by Crippen LogP contribution is 2.65. The van der Waals surface area contributed by atoms with E-state index in [1.54, 1.807) is 24.3 Å². The molecule has 2 bridgehead atoms. The summed E-state index contributed by atoms with van der Waals surface area (Å²) in [4.78, 5) is 39.4. The maximum absolute atomic E-state index is 12.9. The molecule has 6 atom stereocenters. The van der Waals surface area contributed by atoms with Crippen molar-refractivity contribution >= 4 is 23.4 Å². The standard InChI is InChI=1S/C21H22N2O4/c1-2-27-12-5-3-11(4-6-12)22-17(24)10-23-20(25)18-13-7-8-14(16-9-15(13)16)19(18)21(23)26/h3-8,13-16,18-19H,2,9-10H2,1H3,(H,22,24)/t13-,14+,15-,16+,18-,19+. The molecular weight excluding hydrogens is 344 g/mol. The zero-order valence-electron chi connectivity index (χ0n) is 15.1. The zero-order chi connectivity index (χ0) is 18.7. The van der Waals surface area contributed by atoms with Gasteiger partial charge in [-0.25, -0.2) is 0 Å². The Hall–Kier alpha value is -2.63. The molecule has 0 radical (unpaired) electrons. The van der Waals surface area contributed by atoms with Crippen LogP contribution in [0, 0.1) is 35.5 Å². The number of nitrogens with one attached hydrogen (secondary N) is 1. The highest BCUT2D eigenvalue weighted by Gasteiger charge is 2.67. The van der Waals surface area contributed by atoms with Crippen LogP contribution in [0.2, 0.25) is 0 Å². The van der Waals surface area contributed by atoms with E-state index in [9.17, 15) is 14.4 Å². The second-order valence-corrected chi connectivity index (χ2v) is 7.92. The first kappa shape index (κ1) is 16.5. The molecule has 1 N–H and O–H groups in total. The smallest absolute Gasteiger partial charge is 0.244 e. The molecule has 2 saturated carbocycles. The lowest BCUT2D eigenvalue weighted by atomic mass is 9.63. The van der Waals surface area contributed by atoms with E-state index in [0.717, 1.165) is 12.2 Å². The van der Waals surface area contributed by atoms with Crippen molar-refractivity contribution in [2.24, 2.45) is 35.5 Å². The van der Waals surface area contributed by atoms with Gasteiger partial charge in [-0.1, -0.05) is 12.2 Å². The Morgan fingerprint density at radius 1 is 1.07 bits per heavy atom. The summed E-state index contributed by atoms with van der Waals surface area (Å²) in [6.45, 7) is 2.26. The normalized spacial score (nSPS) is 35.1. The van der Waals surface area contributed by atoms with Crippen molar-refractivity contribution in [3.63, 3.8) is 0 Å². The van der Waals surface area contributed by atoms with Gasteiger partial charge in [0.25, 0.3) is 0 Å². The molecule has 1 aromatic rings. The largest absolute Gasteiger partial charge is 0.494 e. The number of carbonyl (C=O) groups is 3. The summed E-state index contributed by atoms with van der Waals surface area (Å²) < 4.78 is 5.38. The number of imide groups is 1. The van der Waals surface area contributed by atoms with E-state index in [4.69, 9.17) is 4.74 Å². The minimum atomic E-state index is -0.357. The van der Waals surface area contributed by atoms with Gasteiger partial charge in [0.2, 0.25) is 17.7 Å². The molecule has 1 aromatic carbocycles. The van der Waals surface area contributed by atoms with E-state index in [2.05, 4.69) is 17.5 Å². The van der Waals surface area contributed by atoms with Crippen molar-refractivity contribution in [2.45, 2.75) is 13.3 Å². The number of carbonyl (C=O) groups excluding carboxylic acids is 3. The van der Waals surface area contributed by atoms with Crippen molar-refractivity contribution in [2.75, 3.05) is 18.5 Å². The van der Waals surface area contributed by atoms with Gasteiger partial charge in [-0.05, 0) is 61.3 Å². The lowest BCUT2D eigenvalue weighted by molar-refractivity contribution is -0.142. The number of allylic oxidation sites excluding steroid dienone is 2. The molecule has 1 saturated heterocycles. The minimum Gasteiger partial charge on any atom is -0.494 e. The van der Waals surface area contributed by atoms with Gasteiger partial charge in [-0.2, -0.15) is 0 Å². The molecule has 0 unspecified atom stereocenters. The summed E-state index contributed by atoms with van der Waals surface area (Å²) in [5.74, 6) is 1.01. The van der Waals surface area contributed by atoms with Gasteiger partial charge >= 0.3 is 0 Å². The van der Waals surface area contributed by atoms with Gasteiger partial charge in [0.05, 0.1) is 18.4 Å². The van der Waals surface area contributed by atoms with Crippen LogP contribution in [0.25, 0.3) is 0 Å². The Bertz CT molecular complexity index is 810. The number of amides is 3. The maximum Gasteiger partial charge on any atom is 0.244 e. The summed E-state index contributed by atoms with van der Waals surface area (Å²) in [5, 5.41) is 2.76. The molecule has 6 nitrogen and oxygen atoms in total. The molecule has 27 heavy (non-hydrogen) atoms. The lowest BCUT2D eigenvalue weighted by Gasteiger charge is -2.37. The number of likely N-dealkylation sites (tertiary alicyclic amines) is 1. The van der Waals surface area contributed by atoms with Crippen LogP contribution in [-0.4, -0.2) is 35.8 Å². The first-order valence-corrected chi connectivity index (χ1v) is 9.64. The fraction of sp³-hybridized carbons (Fsp3) is 0.476. The molecule has 5 aliphatic rings. The predicted molar refractivity (Wildman–Crippen MR) is 97.7 cm³/mol. The number of hydrogen-bond donors (Lipinski definition) is 1. The molecule has 3 amide bonds. The summed E-state index contributed by atoms with van der Waals surface area (Å²) in [7, 11) is 0. The molecule has 1 aliphatic heterocycles.